The first kappa shape index (κ1) is 85.7. The van der Waals surface area contributed by atoms with E-state index in [1.807, 2.05) is 27.2 Å². The number of likely N-dealkylation sites (N-methyl/N-ethyl adjacent to an activating group) is 1. The summed E-state index contributed by atoms with van der Waals surface area (Å²) in [7, 11) is 1.56. The SMILES string of the molecule is CCCCCCCCCCCCCCCCCCC/C=C/CC/C=C/CC/C=C/C(O)C(COP(=O)(O)OCC[N+](C)(C)C)NC(=O)CCCCCCCCCCCCCCCCCCCCCCCCCCCCCCCCCCCCCCCC. The van der Waals surface area contributed by atoms with Gasteiger partial charge in [0, 0.05) is 6.42 Å². The summed E-state index contributed by atoms with van der Waals surface area (Å²) in [6, 6.07) is -0.870. The molecule has 3 unspecified atom stereocenters. The second-order valence-corrected chi connectivity index (χ2v) is 29.5. The number of carbonyl (C=O) groups excluding carboxylic acids is 1. The largest absolute Gasteiger partial charge is 0.472 e. The third-order valence-corrected chi connectivity index (χ3v) is 19.1. The van der Waals surface area contributed by atoms with Gasteiger partial charge in [-0.2, -0.15) is 0 Å². The Morgan fingerprint density at radius 2 is 0.632 bits per heavy atom. The normalized spacial score (nSPS) is 13.7. The zero-order chi connectivity index (χ0) is 63.4. The lowest BCUT2D eigenvalue weighted by Crippen LogP contribution is -2.45. The molecule has 0 rings (SSSR count). The maximum Gasteiger partial charge on any atom is 0.472 e. The smallest absolute Gasteiger partial charge is 0.387 e. The molecule has 0 saturated carbocycles. The molecule has 0 aromatic heterocycles. The third kappa shape index (κ3) is 72.0. The van der Waals surface area contributed by atoms with E-state index in [0.29, 0.717) is 17.4 Å². The minimum atomic E-state index is -4.37. The third-order valence-electron chi connectivity index (χ3n) is 18.1. The molecule has 0 saturated heterocycles. The van der Waals surface area contributed by atoms with Crippen molar-refractivity contribution >= 4 is 13.7 Å². The zero-order valence-electron chi connectivity index (χ0n) is 59.3. The van der Waals surface area contributed by atoms with Crippen molar-refractivity contribution in [2.75, 3.05) is 40.9 Å². The van der Waals surface area contributed by atoms with Gasteiger partial charge in [0.25, 0.3) is 0 Å². The number of rotatable bonds is 73. The molecule has 87 heavy (non-hydrogen) atoms. The molecule has 3 atom stereocenters. The van der Waals surface area contributed by atoms with Crippen molar-refractivity contribution < 1.29 is 32.9 Å². The summed E-state index contributed by atoms with van der Waals surface area (Å²) >= 11 is 0. The van der Waals surface area contributed by atoms with E-state index < -0.39 is 20.0 Å². The van der Waals surface area contributed by atoms with Gasteiger partial charge in [-0.1, -0.05) is 391 Å². The molecule has 0 heterocycles. The van der Waals surface area contributed by atoms with E-state index >= 15 is 0 Å². The lowest BCUT2D eigenvalue weighted by Gasteiger charge is -2.25. The van der Waals surface area contributed by atoms with Crippen molar-refractivity contribution in [1.82, 2.24) is 5.32 Å². The monoisotopic (exact) mass is 1250 g/mol. The van der Waals surface area contributed by atoms with Gasteiger partial charge >= 0.3 is 7.82 Å². The van der Waals surface area contributed by atoms with Crippen LogP contribution in [0.15, 0.2) is 36.5 Å². The predicted octanol–water partition coefficient (Wildman–Crippen LogP) is 25.2. The van der Waals surface area contributed by atoms with Crippen LogP contribution < -0.4 is 5.32 Å². The van der Waals surface area contributed by atoms with E-state index in [0.717, 1.165) is 44.9 Å². The molecule has 1 amide bonds. The molecule has 0 aliphatic rings. The first-order valence-corrected chi connectivity index (χ1v) is 40.4. The van der Waals surface area contributed by atoms with Gasteiger partial charge in [0.2, 0.25) is 5.91 Å². The molecule has 0 fully saturated rings. The van der Waals surface area contributed by atoms with Crippen LogP contribution in [0.25, 0.3) is 0 Å². The van der Waals surface area contributed by atoms with E-state index in [2.05, 4.69) is 43.5 Å². The van der Waals surface area contributed by atoms with Gasteiger partial charge in [0.1, 0.15) is 13.2 Å². The summed E-state index contributed by atoms with van der Waals surface area (Å²) in [4.78, 5) is 23.5. The van der Waals surface area contributed by atoms with E-state index in [1.165, 1.54) is 340 Å². The molecule has 0 aliphatic heterocycles. The molecule has 0 radical (unpaired) electrons. The standard InChI is InChI=1S/C78H153N2O6P/c1-6-8-10-12-14-16-18-20-22-24-26-28-30-32-34-35-36-37-38-39-40-41-42-43-44-46-48-50-52-54-56-58-60-62-64-66-68-70-72-78(82)79-76(75-86-87(83,84)85-74-73-80(3,4)5)77(81)71-69-67-65-63-61-59-57-55-53-51-49-47-45-33-31-29-27-25-23-21-19-17-15-13-11-9-7-2/h53,55,61,63,69,71,76-77,81H,6-52,54,56-60,62,64-68,70,72-75H2,1-5H3,(H-,79,82,83,84)/p+1/b55-53+,63-61+,71-69+. The molecule has 0 aliphatic carbocycles. The number of aliphatic hydroxyl groups excluding tert-OH is 1. The fourth-order valence-electron chi connectivity index (χ4n) is 12.1. The van der Waals surface area contributed by atoms with Crippen molar-refractivity contribution in [2.45, 2.75) is 418 Å². The summed E-state index contributed by atoms with van der Waals surface area (Å²) in [5, 5.41) is 14.0. The van der Waals surface area contributed by atoms with E-state index in [9.17, 15) is 19.4 Å². The van der Waals surface area contributed by atoms with Gasteiger partial charge in [-0.05, 0) is 44.9 Å². The lowest BCUT2D eigenvalue weighted by molar-refractivity contribution is -0.870. The summed E-state index contributed by atoms with van der Waals surface area (Å²) in [5.41, 5.74) is 0. The molecule has 516 valence electrons. The van der Waals surface area contributed by atoms with Crippen LogP contribution >= 0.6 is 7.82 Å². The number of allylic oxidation sites excluding steroid dienone is 5. The van der Waals surface area contributed by atoms with Crippen LogP contribution in [0.5, 0.6) is 0 Å². The average molecular weight is 1250 g/mol. The Hall–Kier alpha value is -1.28. The average Bonchev–Trinajstić information content (AvgIpc) is 3.71. The number of aliphatic hydroxyl groups is 1. The highest BCUT2D eigenvalue weighted by Gasteiger charge is 2.28. The number of hydrogen-bond acceptors (Lipinski definition) is 5. The number of nitrogens with one attached hydrogen (secondary N) is 1. The topological polar surface area (TPSA) is 105 Å². The Morgan fingerprint density at radius 3 is 0.920 bits per heavy atom. The number of carbonyl (C=O) groups is 1. The molecular formula is C78H154N2O6P+. The summed E-state index contributed by atoms with van der Waals surface area (Å²) < 4.78 is 23.8. The molecule has 0 aromatic rings. The number of phosphoric ester groups is 1. The lowest BCUT2D eigenvalue weighted by atomic mass is 10.0. The highest BCUT2D eigenvalue weighted by atomic mass is 31.2. The second-order valence-electron chi connectivity index (χ2n) is 28.1. The molecule has 0 bridgehead atoms. The Balaban J connectivity index is 3.98. The summed E-state index contributed by atoms with van der Waals surface area (Å²) in [5.74, 6) is -0.182. The fourth-order valence-corrected chi connectivity index (χ4v) is 12.8. The van der Waals surface area contributed by atoms with Gasteiger partial charge in [0.05, 0.1) is 39.9 Å². The summed E-state index contributed by atoms with van der Waals surface area (Å²) in [6.07, 6.45) is 93.5. The van der Waals surface area contributed by atoms with E-state index in [1.54, 1.807) is 6.08 Å². The minimum Gasteiger partial charge on any atom is -0.387 e. The fraction of sp³-hybridized carbons (Fsp3) is 0.910. The van der Waals surface area contributed by atoms with Gasteiger partial charge < -0.3 is 19.8 Å². The van der Waals surface area contributed by atoms with E-state index in [-0.39, 0.29) is 19.1 Å². The van der Waals surface area contributed by atoms with Crippen molar-refractivity contribution in [2.24, 2.45) is 0 Å². The number of amides is 1. The number of nitrogens with zero attached hydrogens (tertiary/aromatic N) is 1. The molecule has 9 heteroatoms. The van der Waals surface area contributed by atoms with Gasteiger partial charge in [0.15, 0.2) is 0 Å². The zero-order valence-corrected chi connectivity index (χ0v) is 60.2. The Bertz CT molecular complexity index is 1510. The predicted molar refractivity (Wildman–Crippen MR) is 383 cm³/mol. The summed E-state index contributed by atoms with van der Waals surface area (Å²) in [6.45, 7) is 4.85. The van der Waals surface area contributed by atoms with Gasteiger partial charge in [-0.25, -0.2) is 4.57 Å². The van der Waals surface area contributed by atoms with Crippen LogP contribution in [-0.4, -0.2) is 73.4 Å². The van der Waals surface area contributed by atoms with Crippen LogP contribution in [-0.2, 0) is 18.4 Å². The number of hydrogen-bond donors (Lipinski definition) is 3. The van der Waals surface area contributed by atoms with Gasteiger partial charge in [-0.3, -0.25) is 13.8 Å². The molecule has 0 spiro atoms. The van der Waals surface area contributed by atoms with Gasteiger partial charge in [-0.15, -0.1) is 0 Å². The van der Waals surface area contributed by atoms with Crippen molar-refractivity contribution in [3.63, 3.8) is 0 Å². The highest BCUT2D eigenvalue weighted by Crippen LogP contribution is 2.43. The Kier molecular flexibility index (Phi) is 68.1. The Labute approximate surface area is 544 Å². The Morgan fingerprint density at radius 1 is 0.379 bits per heavy atom. The maximum absolute atomic E-state index is 13.1. The first-order chi connectivity index (χ1) is 42.5. The molecule has 0 aromatic carbocycles. The quantitative estimate of drug-likeness (QED) is 0.0243. The molecular weight excluding hydrogens is 1090 g/mol. The minimum absolute atomic E-state index is 0.0555. The van der Waals surface area contributed by atoms with Crippen LogP contribution in [0.4, 0.5) is 0 Å². The van der Waals surface area contributed by atoms with Crippen LogP contribution in [0, 0.1) is 0 Å². The molecule has 8 nitrogen and oxygen atoms in total. The van der Waals surface area contributed by atoms with Crippen LogP contribution in [0.1, 0.15) is 406 Å². The number of phosphoric acid groups is 1. The van der Waals surface area contributed by atoms with E-state index in [4.69, 9.17) is 9.05 Å². The van der Waals surface area contributed by atoms with Crippen molar-refractivity contribution in [3.05, 3.63) is 36.5 Å². The highest BCUT2D eigenvalue weighted by molar-refractivity contribution is 7.47. The van der Waals surface area contributed by atoms with Crippen LogP contribution in [0.2, 0.25) is 0 Å². The van der Waals surface area contributed by atoms with Crippen molar-refractivity contribution in [3.8, 4) is 0 Å². The number of quaternary nitrogens is 1. The first-order valence-electron chi connectivity index (χ1n) is 38.9. The second kappa shape index (κ2) is 69.1. The van der Waals surface area contributed by atoms with Crippen molar-refractivity contribution in [1.29, 1.82) is 0 Å². The number of unbranched alkanes of at least 4 members (excludes halogenated alkanes) is 56. The molecule has 3 N–H and O–H groups in total. The maximum atomic E-state index is 13.1. The van der Waals surface area contributed by atoms with Crippen LogP contribution in [0.3, 0.4) is 0 Å².